The van der Waals surface area contributed by atoms with E-state index in [1.165, 1.54) is 0 Å². The first-order valence-corrected chi connectivity index (χ1v) is 6.42. The van der Waals surface area contributed by atoms with Gasteiger partial charge in [0, 0.05) is 0 Å². The van der Waals surface area contributed by atoms with Crippen LogP contribution in [0.4, 0.5) is 9.59 Å². The van der Waals surface area contributed by atoms with Gasteiger partial charge in [-0.3, -0.25) is 0 Å². The number of ether oxygens (including phenoxy) is 2. The number of hydrogen-bond donors (Lipinski definition) is 2. The van der Waals surface area contributed by atoms with Crippen molar-refractivity contribution < 1.29 is 19.1 Å². The van der Waals surface area contributed by atoms with Gasteiger partial charge in [0.05, 0.1) is 0 Å². The van der Waals surface area contributed by atoms with Crippen LogP contribution in [0.3, 0.4) is 0 Å². The molecule has 0 spiro atoms. The Morgan fingerprint density at radius 3 is 1.42 bits per heavy atom. The van der Waals surface area contributed by atoms with E-state index in [1.54, 1.807) is 41.5 Å². The number of carbonyl (C=O) groups excluding carboxylic acids is 2. The summed E-state index contributed by atoms with van der Waals surface area (Å²) in [6.45, 7) is 12.5. The predicted octanol–water partition coefficient (Wildman–Crippen LogP) is 2.77. The molecule has 0 aromatic rings. The summed E-state index contributed by atoms with van der Waals surface area (Å²) in [7, 11) is 0. The van der Waals surface area contributed by atoms with Crippen molar-refractivity contribution in [1.82, 2.24) is 10.6 Å². The highest BCUT2D eigenvalue weighted by Crippen LogP contribution is 2.08. The van der Waals surface area contributed by atoms with E-state index >= 15 is 0 Å². The van der Waals surface area contributed by atoms with Gasteiger partial charge in [-0.15, -0.1) is 0 Å². The van der Waals surface area contributed by atoms with Gasteiger partial charge in [-0.2, -0.15) is 0 Å². The smallest absolute Gasteiger partial charge is 0.409 e. The molecule has 112 valence electrons. The molecule has 0 fully saturated rings. The first-order valence-electron chi connectivity index (χ1n) is 6.42. The summed E-state index contributed by atoms with van der Waals surface area (Å²) < 4.78 is 10.2. The van der Waals surface area contributed by atoms with Gasteiger partial charge in [-0.05, 0) is 48.0 Å². The number of hydrogen-bond acceptors (Lipinski definition) is 4. The molecule has 6 nitrogen and oxygen atoms in total. The minimum atomic E-state index is -0.575. The number of carbonyl (C=O) groups is 2. The average Bonchev–Trinajstić information content (AvgIpc) is 2.10. The Hall–Kier alpha value is -1.46. The fourth-order valence-electron chi connectivity index (χ4n) is 1.14. The molecule has 0 saturated heterocycles. The second kappa shape index (κ2) is 6.63. The largest absolute Gasteiger partial charge is 0.444 e. The lowest BCUT2D eigenvalue weighted by Crippen LogP contribution is -2.50. The van der Waals surface area contributed by atoms with E-state index in [1.807, 2.05) is 6.92 Å². The first kappa shape index (κ1) is 17.5. The van der Waals surface area contributed by atoms with E-state index in [9.17, 15) is 9.59 Å². The number of alkyl carbamates (subject to hydrolysis) is 2. The van der Waals surface area contributed by atoms with Crippen molar-refractivity contribution in [3.05, 3.63) is 0 Å². The van der Waals surface area contributed by atoms with Gasteiger partial charge in [-0.25, -0.2) is 9.59 Å². The fraction of sp³-hybridized carbons (Fsp3) is 0.846. The average molecular weight is 274 g/mol. The number of rotatable bonds is 3. The summed E-state index contributed by atoms with van der Waals surface area (Å²) in [6.07, 6.45) is -1.14. The van der Waals surface area contributed by atoms with Gasteiger partial charge in [0.15, 0.2) is 0 Å². The lowest BCUT2D eigenvalue weighted by molar-refractivity contribution is 0.0423. The van der Waals surface area contributed by atoms with Crippen LogP contribution in [0.15, 0.2) is 0 Å². The number of amides is 2. The summed E-state index contributed by atoms with van der Waals surface area (Å²) in [6, 6.07) is 0. The van der Waals surface area contributed by atoms with Crippen molar-refractivity contribution in [2.75, 3.05) is 0 Å². The van der Waals surface area contributed by atoms with E-state index in [-0.39, 0.29) is 0 Å². The molecule has 19 heavy (non-hydrogen) atoms. The highest BCUT2D eigenvalue weighted by molar-refractivity contribution is 5.71. The first-order chi connectivity index (χ1) is 8.43. The Kier molecular flexibility index (Phi) is 6.12. The molecule has 6 heteroatoms. The maximum Gasteiger partial charge on any atom is 0.409 e. The third-order valence-corrected chi connectivity index (χ3v) is 1.79. The summed E-state index contributed by atoms with van der Waals surface area (Å²) in [5, 5.41) is 5.13. The fourth-order valence-corrected chi connectivity index (χ4v) is 1.14. The monoisotopic (exact) mass is 274 g/mol. The number of nitrogens with one attached hydrogen (secondary N) is 2. The molecule has 0 radical (unpaired) electrons. The SMILES string of the molecule is CCC(NC(=O)OC(C)(C)C)NC(=O)OC(C)(C)C. The third-order valence-electron chi connectivity index (χ3n) is 1.79. The predicted molar refractivity (Wildman–Crippen MR) is 72.8 cm³/mol. The lowest BCUT2D eigenvalue weighted by atomic mass is 10.2. The van der Waals surface area contributed by atoms with E-state index in [0.29, 0.717) is 6.42 Å². The molecule has 0 bridgehead atoms. The van der Waals surface area contributed by atoms with Crippen LogP contribution in [0.5, 0.6) is 0 Å². The summed E-state index contributed by atoms with van der Waals surface area (Å²) >= 11 is 0. The van der Waals surface area contributed by atoms with Crippen molar-refractivity contribution in [2.24, 2.45) is 0 Å². The quantitative estimate of drug-likeness (QED) is 0.776. The van der Waals surface area contributed by atoms with Crippen LogP contribution in [0, 0.1) is 0 Å². The van der Waals surface area contributed by atoms with E-state index in [0.717, 1.165) is 0 Å². The molecule has 0 aromatic heterocycles. The normalized spacial score (nSPS) is 12.0. The zero-order valence-corrected chi connectivity index (χ0v) is 12.9. The van der Waals surface area contributed by atoms with Crippen molar-refractivity contribution in [2.45, 2.75) is 72.3 Å². The Bertz CT molecular complexity index is 286. The molecule has 0 aromatic carbocycles. The standard InChI is InChI=1S/C13H26N2O4/c1-8-9(14-10(16)18-12(2,3)4)15-11(17)19-13(5,6)7/h9H,8H2,1-7H3,(H,14,16)(H,15,17). The van der Waals surface area contributed by atoms with Gasteiger partial charge < -0.3 is 20.1 Å². The van der Waals surface area contributed by atoms with Crippen LogP contribution in [-0.4, -0.2) is 29.6 Å². The van der Waals surface area contributed by atoms with Crippen LogP contribution >= 0.6 is 0 Å². The van der Waals surface area contributed by atoms with Crippen LogP contribution in [0.2, 0.25) is 0 Å². The molecule has 0 aliphatic rings. The second-order valence-electron chi connectivity index (χ2n) is 6.25. The van der Waals surface area contributed by atoms with Gasteiger partial charge >= 0.3 is 12.2 Å². The topological polar surface area (TPSA) is 76.7 Å². The second-order valence-corrected chi connectivity index (χ2v) is 6.25. The van der Waals surface area contributed by atoms with Gasteiger partial charge in [0.25, 0.3) is 0 Å². The molecule has 0 rings (SSSR count). The van der Waals surface area contributed by atoms with Crippen LogP contribution < -0.4 is 10.6 Å². The van der Waals surface area contributed by atoms with Gasteiger partial charge in [-0.1, -0.05) is 6.92 Å². The zero-order chi connectivity index (χ0) is 15.3. The van der Waals surface area contributed by atoms with Crippen molar-refractivity contribution in [1.29, 1.82) is 0 Å². The van der Waals surface area contributed by atoms with E-state index < -0.39 is 29.6 Å². The van der Waals surface area contributed by atoms with Crippen LogP contribution in [0.1, 0.15) is 54.9 Å². The lowest BCUT2D eigenvalue weighted by Gasteiger charge is -2.25. The molecule has 0 aliphatic carbocycles. The summed E-state index contributed by atoms with van der Waals surface area (Å²) in [5.41, 5.74) is -1.15. The molecule has 2 N–H and O–H groups in total. The highest BCUT2D eigenvalue weighted by Gasteiger charge is 2.22. The van der Waals surface area contributed by atoms with E-state index in [2.05, 4.69) is 10.6 Å². The zero-order valence-electron chi connectivity index (χ0n) is 12.9. The molecule has 0 atom stereocenters. The molecule has 0 heterocycles. The van der Waals surface area contributed by atoms with Gasteiger partial charge in [0.2, 0.25) is 0 Å². The van der Waals surface area contributed by atoms with Crippen molar-refractivity contribution >= 4 is 12.2 Å². The maximum absolute atomic E-state index is 11.6. The molecule has 0 saturated carbocycles. The molecule has 2 amide bonds. The van der Waals surface area contributed by atoms with Crippen LogP contribution in [0.25, 0.3) is 0 Å². The molecule has 0 aliphatic heterocycles. The van der Waals surface area contributed by atoms with Crippen LogP contribution in [-0.2, 0) is 9.47 Å². The Balaban J connectivity index is 4.29. The minimum Gasteiger partial charge on any atom is -0.444 e. The molecule has 0 unspecified atom stereocenters. The molecular formula is C13H26N2O4. The van der Waals surface area contributed by atoms with Crippen molar-refractivity contribution in [3.8, 4) is 0 Å². The Morgan fingerprint density at radius 2 is 1.21 bits per heavy atom. The van der Waals surface area contributed by atoms with E-state index in [4.69, 9.17) is 9.47 Å². The maximum atomic E-state index is 11.6. The minimum absolute atomic E-state index is 0.523. The highest BCUT2D eigenvalue weighted by atomic mass is 16.6. The Morgan fingerprint density at radius 1 is 0.895 bits per heavy atom. The molecular weight excluding hydrogens is 248 g/mol. The summed E-state index contributed by atoms with van der Waals surface area (Å²) in [4.78, 5) is 23.1. The third kappa shape index (κ3) is 10.2. The Labute approximate surface area is 115 Å². The summed E-state index contributed by atoms with van der Waals surface area (Å²) in [5.74, 6) is 0. The van der Waals surface area contributed by atoms with Crippen molar-refractivity contribution in [3.63, 3.8) is 0 Å². The van der Waals surface area contributed by atoms with Gasteiger partial charge in [0.1, 0.15) is 17.4 Å².